The maximum atomic E-state index is 13.6. The largest absolute Gasteiger partial charge is 0.497 e. The Bertz CT molecular complexity index is 1070. The van der Waals surface area contributed by atoms with Crippen LogP contribution in [0.4, 0.5) is 11.4 Å². The molecular formula is C25H29N3O7. The number of ether oxygens (including phenoxy) is 2. The van der Waals surface area contributed by atoms with E-state index in [-0.39, 0.29) is 19.6 Å². The fourth-order valence-corrected chi connectivity index (χ4v) is 4.39. The summed E-state index contributed by atoms with van der Waals surface area (Å²) in [7, 11) is 1.52. The molecule has 2 aromatic rings. The average molecular weight is 484 g/mol. The molecule has 1 saturated heterocycles. The summed E-state index contributed by atoms with van der Waals surface area (Å²) < 4.78 is 10.3. The number of ketones is 1. The molecule has 3 unspecified atom stereocenters. The van der Waals surface area contributed by atoms with Crippen LogP contribution in [0.2, 0.25) is 0 Å². The highest BCUT2D eigenvalue weighted by Gasteiger charge is 2.65. The molecule has 1 heterocycles. The molecule has 3 atom stereocenters. The molecule has 3 rings (SSSR count). The zero-order chi connectivity index (χ0) is 25.6. The lowest BCUT2D eigenvalue weighted by Gasteiger charge is -2.45. The molecule has 10 nitrogen and oxygen atoms in total. The van der Waals surface area contributed by atoms with Crippen LogP contribution in [0, 0.1) is 11.3 Å². The number of carbonyl (C=O) groups is 4. The van der Waals surface area contributed by atoms with Crippen LogP contribution in [0.15, 0.2) is 54.6 Å². The van der Waals surface area contributed by atoms with Crippen molar-refractivity contribution in [1.82, 2.24) is 5.43 Å². The SMILES string of the molecule is CCOC(=O)C(NNc1ccc(OC)cc1)C1(C(=O)O)C(=O)C(=O)N(c2ccccc2)CC1CC. The van der Waals surface area contributed by atoms with Gasteiger partial charge in [0.25, 0.3) is 5.91 Å². The summed E-state index contributed by atoms with van der Waals surface area (Å²) in [6.45, 7) is 3.19. The number of aliphatic carboxylic acids is 1. The lowest BCUT2D eigenvalue weighted by atomic mass is 9.63. The van der Waals surface area contributed by atoms with Gasteiger partial charge < -0.3 is 24.9 Å². The second-order valence-electron chi connectivity index (χ2n) is 8.04. The van der Waals surface area contributed by atoms with Crippen LogP contribution in [0.25, 0.3) is 0 Å². The summed E-state index contributed by atoms with van der Waals surface area (Å²) in [5.74, 6) is -5.00. The normalized spacial score (nSPS) is 20.8. The van der Waals surface area contributed by atoms with Gasteiger partial charge in [0.1, 0.15) is 11.8 Å². The Labute approximate surface area is 203 Å². The number of carboxylic acids is 1. The molecular weight excluding hydrogens is 454 g/mol. The van der Waals surface area contributed by atoms with Crippen molar-refractivity contribution in [2.24, 2.45) is 11.3 Å². The van der Waals surface area contributed by atoms with Gasteiger partial charge in [-0.15, -0.1) is 0 Å². The highest BCUT2D eigenvalue weighted by Crippen LogP contribution is 2.42. The van der Waals surface area contributed by atoms with E-state index in [0.29, 0.717) is 17.1 Å². The topological polar surface area (TPSA) is 134 Å². The maximum Gasteiger partial charge on any atom is 0.326 e. The molecule has 3 N–H and O–H groups in total. The van der Waals surface area contributed by atoms with Gasteiger partial charge >= 0.3 is 11.9 Å². The molecule has 186 valence electrons. The fourth-order valence-electron chi connectivity index (χ4n) is 4.39. The predicted molar refractivity (Wildman–Crippen MR) is 128 cm³/mol. The first-order valence-corrected chi connectivity index (χ1v) is 11.3. The molecule has 0 bridgehead atoms. The van der Waals surface area contributed by atoms with Crippen molar-refractivity contribution < 1.29 is 33.8 Å². The third-order valence-corrected chi connectivity index (χ3v) is 6.21. The molecule has 2 aromatic carbocycles. The molecule has 0 spiro atoms. The van der Waals surface area contributed by atoms with Gasteiger partial charge in [-0.1, -0.05) is 25.1 Å². The lowest BCUT2D eigenvalue weighted by molar-refractivity contribution is -0.174. The number of rotatable bonds is 10. The van der Waals surface area contributed by atoms with E-state index in [0.717, 1.165) is 0 Å². The van der Waals surface area contributed by atoms with Crippen molar-refractivity contribution in [2.75, 3.05) is 30.6 Å². The van der Waals surface area contributed by atoms with Crippen LogP contribution in [0.1, 0.15) is 20.3 Å². The predicted octanol–water partition coefficient (Wildman–Crippen LogP) is 2.26. The molecule has 1 fully saturated rings. The Morgan fingerprint density at radius 2 is 1.77 bits per heavy atom. The molecule has 0 aromatic heterocycles. The number of carbonyl (C=O) groups excluding carboxylic acids is 3. The highest BCUT2D eigenvalue weighted by atomic mass is 16.5. The first kappa shape index (κ1) is 25.7. The van der Waals surface area contributed by atoms with Crippen molar-refractivity contribution in [2.45, 2.75) is 26.3 Å². The second kappa shape index (κ2) is 11.0. The lowest BCUT2D eigenvalue weighted by Crippen LogP contribution is -2.70. The van der Waals surface area contributed by atoms with Crippen molar-refractivity contribution in [1.29, 1.82) is 0 Å². The monoisotopic (exact) mass is 483 g/mol. The summed E-state index contributed by atoms with van der Waals surface area (Å²) in [4.78, 5) is 54.0. The van der Waals surface area contributed by atoms with E-state index in [2.05, 4.69) is 10.9 Å². The quantitative estimate of drug-likeness (QED) is 0.201. The molecule has 0 saturated carbocycles. The van der Waals surface area contributed by atoms with Crippen molar-refractivity contribution >= 4 is 35.0 Å². The molecule has 35 heavy (non-hydrogen) atoms. The number of anilines is 2. The summed E-state index contributed by atoms with van der Waals surface area (Å²) in [5, 5.41) is 10.4. The van der Waals surface area contributed by atoms with Crippen LogP contribution in [-0.4, -0.2) is 55.0 Å². The third kappa shape index (κ3) is 4.83. The third-order valence-electron chi connectivity index (χ3n) is 6.21. The molecule has 0 radical (unpaired) electrons. The van der Waals surface area contributed by atoms with Crippen LogP contribution < -0.4 is 20.5 Å². The van der Waals surface area contributed by atoms with E-state index < -0.39 is 41.0 Å². The first-order chi connectivity index (χ1) is 16.8. The fraction of sp³-hybridized carbons (Fsp3) is 0.360. The van der Waals surface area contributed by atoms with Crippen LogP contribution in [-0.2, 0) is 23.9 Å². The minimum Gasteiger partial charge on any atom is -0.497 e. The van der Waals surface area contributed by atoms with Crippen LogP contribution in [0.3, 0.4) is 0 Å². The van der Waals surface area contributed by atoms with E-state index in [9.17, 15) is 24.3 Å². The van der Waals surface area contributed by atoms with Gasteiger partial charge in [-0.05, 0) is 49.7 Å². The first-order valence-electron chi connectivity index (χ1n) is 11.3. The van der Waals surface area contributed by atoms with Crippen molar-refractivity contribution in [3.8, 4) is 5.75 Å². The molecule has 0 aliphatic carbocycles. The van der Waals surface area contributed by atoms with Gasteiger partial charge in [-0.2, -0.15) is 0 Å². The van der Waals surface area contributed by atoms with E-state index in [4.69, 9.17) is 9.47 Å². The number of nitrogens with zero attached hydrogens (tertiary/aromatic N) is 1. The zero-order valence-electron chi connectivity index (χ0n) is 19.8. The van der Waals surface area contributed by atoms with E-state index in [1.807, 2.05) is 0 Å². The van der Waals surface area contributed by atoms with Crippen molar-refractivity contribution in [3.63, 3.8) is 0 Å². The Balaban J connectivity index is 2.03. The van der Waals surface area contributed by atoms with Crippen LogP contribution in [0.5, 0.6) is 5.75 Å². The number of amides is 1. The number of Topliss-reactive ketones (excluding diaryl/α,β-unsaturated/α-hetero) is 1. The number of hydrazine groups is 1. The number of para-hydroxylation sites is 1. The number of piperidine rings is 1. The summed E-state index contributed by atoms with van der Waals surface area (Å²) in [6.07, 6.45) is 0.217. The van der Waals surface area contributed by atoms with Gasteiger partial charge in [0.05, 0.1) is 13.7 Å². The molecule has 1 amide bonds. The Morgan fingerprint density at radius 1 is 1.11 bits per heavy atom. The maximum absolute atomic E-state index is 13.6. The minimum atomic E-state index is -2.39. The zero-order valence-corrected chi connectivity index (χ0v) is 19.8. The smallest absolute Gasteiger partial charge is 0.326 e. The van der Waals surface area contributed by atoms with E-state index in [1.165, 1.54) is 12.0 Å². The van der Waals surface area contributed by atoms with Crippen molar-refractivity contribution in [3.05, 3.63) is 54.6 Å². The Kier molecular flexibility index (Phi) is 8.08. The van der Waals surface area contributed by atoms with Gasteiger partial charge in [-0.3, -0.25) is 19.2 Å². The van der Waals surface area contributed by atoms with Gasteiger partial charge in [-0.25, -0.2) is 5.43 Å². The summed E-state index contributed by atoms with van der Waals surface area (Å²) in [5.41, 5.74) is 4.04. The molecule has 1 aliphatic heterocycles. The standard InChI is InChI=1S/C25H29N3O7/c1-4-16-15-28(18-9-7-6-8-10-18)22(30)21(29)25(16,24(32)33)20(23(31)35-5-2)27-26-17-11-13-19(34-3)14-12-17/h6-14,16,20,26-27H,4-5,15H2,1-3H3,(H,32,33). The highest BCUT2D eigenvalue weighted by molar-refractivity contribution is 6.47. The van der Waals surface area contributed by atoms with Gasteiger partial charge in [0, 0.05) is 23.8 Å². The number of hydrogen-bond acceptors (Lipinski definition) is 8. The number of carboxylic acid groups (broad SMARTS) is 1. The van der Waals surface area contributed by atoms with E-state index in [1.54, 1.807) is 68.4 Å². The second-order valence-corrected chi connectivity index (χ2v) is 8.04. The minimum absolute atomic E-state index is 0.0374. The van der Waals surface area contributed by atoms with Crippen LogP contribution >= 0.6 is 0 Å². The molecule has 10 heteroatoms. The number of methoxy groups -OCH3 is 1. The van der Waals surface area contributed by atoms with E-state index >= 15 is 0 Å². The summed E-state index contributed by atoms with van der Waals surface area (Å²) >= 11 is 0. The van der Waals surface area contributed by atoms with Gasteiger partial charge in [0.2, 0.25) is 5.78 Å². The average Bonchev–Trinajstić information content (AvgIpc) is 2.87. The number of nitrogens with one attached hydrogen (secondary N) is 2. The summed E-state index contributed by atoms with van der Waals surface area (Å²) in [6, 6.07) is 13.5. The van der Waals surface area contributed by atoms with Gasteiger partial charge in [0.15, 0.2) is 5.41 Å². The number of esters is 1. The Morgan fingerprint density at radius 3 is 2.31 bits per heavy atom. The molecule has 1 aliphatic rings. The number of hydrogen-bond donors (Lipinski definition) is 3. The number of benzene rings is 2. The Hall–Kier alpha value is -3.92.